The molecular weight excluding hydrogens is 245 g/mol. The zero-order chi connectivity index (χ0) is 14.0. The minimum absolute atomic E-state index is 0.250. The Morgan fingerprint density at radius 1 is 1.47 bits per heavy atom. The first-order chi connectivity index (χ1) is 9.01. The van der Waals surface area contributed by atoms with E-state index in [0.29, 0.717) is 16.8 Å². The van der Waals surface area contributed by atoms with Crippen molar-refractivity contribution in [3.63, 3.8) is 0 Å². The number of hydrogen-bond acceptors (Lipinski definition) is 2. The lowest BCUT2D eigenvalue weighted by atomic mass is 10.1. The molecule has 0 bridgehead atoms. The van der Waals surface area contributed by atoms with Crippen LogP contribution in [0.5, 0.6) is 0 Å². The number of amides is 1. The summed E-state index contributed by atoms with van der Waals surface area (Å²) < 4.78 is 14.7. The smallest absolute Gasteiger partial charge is 0.256 e. The number of halogens is 1. The lowest BCUT2D eigenvalue weighted by Gasteiger charge is -2.07. The molecule has 2 aromatic rings. The molecule has 0 atom stereocenters. The number of carbonyl (C=O) groups is 1. The number of aromatic nitrogens is 2. The van der Waals surface area contributed by atoms with E-state index >= 15 is 0 Å². The quantitative estimate of drug-likeness (QED) is 0.923. The summed E-state index contributed by atoms with van der Waals surface area (Å²) in [5.41, 5.74) is 2.60. The molecule has 2 rings (SSSR count). The zero-order valence-corrected chi connectivity index (χ0v) is 11.2. The number of benzene rings is 1. The van der Waals surface area contributed by atoms with Gasteiger partial charge in [-0.25, -0.2) is 4.39 Å². The molecule has 0 spiro atoms. The molecule has 0 fully saturated rings. The summed E-state index contributed by atoms with van der Waals surface area (Å²) in [4.78, 5) is 12.2. The maximum atomic E-state index is 13.0. The maximum Gasteiger partial charge on any atom is 0.256 e. The van der Waals surface area contributed by atoms with Crippen LogP contribution in [0.3, 0.4) is 0 Å². The third-order valence-corrected chi connectivity index (χ3v) is 2.92. The van der Waals surface area contributed by atoms with E-state index in [4.69, 9.17) is 0 Å². The first-order valence-electron chi connectivity index (χ1n) is 6.11. The maximum absolute atomic E-state index is 13.0. The molecule has 0 aliphatic heterocycles. The van der Waals surface area contributed by atoms with Gasteiger partial charge in [0, 0.05) is 18.8 Å². The molecule has 19 heavy (non-hydrogen) atoms. The summed E-state index contributed by atoms with van der Waals surface area (Å²) in [7, 11) is 1.80. The number of anilines is 1. The zero-order valence-electron chi connectivity index (χ0n) is 11.2. The lowest BCUT2D eigenvalue weighted by Crippen LogP contribution is -2.14. The van der Waals surface area contributed by atoms with Gasteiger partial charge < -0.3 is 5.32 Å². The third-order valence-electron chi connectivity index (χ3n) is 2.92. The SMILES string of the molecule is CCc1nn(C)cc1NC(=O)c1ccc(F)cc1C. The number of aryl methyl sites for hydroxylation is 3. The van der Waals surface area contributed by atoms with E-state index in [1.807, 2.05) is 6.92 Å². The van der Waals surface area contributed by atoms with Crippen LogP contribution in [0.1, 0.15) is 28.5 Å². The molecule has 1 N–H and O–H groups in total. The minimum Gasteiger partial charge on any atom is -0.319 e. The predicted molar refractivity (Wildman–Crippen MR) is 71.7 cm³/mol. The second-order valence-corrected chi connectivity index (χ2v) is 4.43. The normalized spacial score (nSPS) is 10.5. The van der Waals surface area contributed by atoms with Crippen LogP contribution in [0, 0.1) is 12.7 Å². The summed E-state index contributed by atoms with van der Waals surface area (Å²) in [6, 6.07) is 4.12. The Hall–Kier alpha value is -2.17. The summed E-state index contributed by atoms with van der Waals surface area (Å²) in [6.07, 6.45) is 2.49. The molecule has 0 aliphatic carbocycles. The van der Waals surface area contributed by atoms with Gasteiger partial charge in [0.05, 0.1) is 11.4 Å². The fraction of sp³-hybridized carbons (Fsp3) is 0.286. The number of nitrogens with one attached hydrogen (secondary N) is 1. The van der Waals surface area contributed by atoms with Gasteiger partial charge in [-0.15, -0.1) is 0 Å². The lowest BCUT2D eigenvalue weighted by molar-refractivity contribution is 0.102. The van der Waals surface area contributed by atoms with Crippen molar-refractivity contribution in [2.45, 2.75) is 20.3 Å². The highest BCUT2D eigenvalue weighted by atomic mass is 19.1. The Labute approximate surface area is 111 Å². The van der Waals surface area contributed by atoms with E-state index in [2.05, 4.69) is 10.4 Å². The number of hydrogen-bond donors (Lipinski definition) is 1. The standard InChI is InChI=1S/C14H16FN3O/c1-4-12-13(8-18(3)17-12)16-14(19)11-6-5-10(15)7-9(11)2/h5-8H,4H2,1-3H3,(H,16,19). The molecule has 1 aromatic heterocycles. The highest BCUT2D eigenvalue weighted by Gasteiger charge is 2.13. The summed E-state index contributed by atoms with van der Waals surface area (Å²) in [5, 5.41) is 7.07. The second-order valence-electron chi connectivity index (χ2n) is 4.43. The van der Waals surface area contributed by atoms with Gasteiger partial charge in [0.25, 0.3) is 5.91 Å². The Morgan fingerprint density at radius 3 is 2.84 bits per heavy atom. The van der Waals surface area contributed by atoms with E-state index in [0.717, 1.165) is 12.1 Å². The van der Waals surface area contributed by atoms with Crippen LogP contribution in [0.4, 0.5) is 10.1 Å². The molecule has 0 aliphatic rings. The topological polar surface area (TPSA) is 46.9 Å². The minimum atomic E-state index is -0.343. The first kappa shape index (κ1) is 13.3. The van der Waals surface area contributed by atoms with Gasteiger partial charge in [-0.05, 0) is 37.1 Å². The summed E-state index contributed by atoms with van der Waals surface area (Å²) >= 11 is 0. The monoisotopic (exact) mass is 261 g/mol. The van der Waals surface area contributed by atoms with Crippen molar-refractivity contribution in [2.75, 3.05) is 5.32 Å². The predicted octanol–water partition coefficient (Wildman–Crippen LogP) is 2.68. The fourth-order valence-electron chi connectivity index (χ4n) is 1.97. The van der Waals surface area contributed by atoms with Crippen LogP contribution in [0.2, 0.25) is 0 Å². The van der Waals surface area contributed by atoms with E-state index in [1.165, 1.54) is 18.2 Å². The molecule has 0 saturated heterocycles. The highest BCUT2D eigenvalue weighted by molar-refractivity contribution is 6.05. The van der Waals surface area contributed by atoms with Crippen molar-refractivity contribution in [3.8, 4) is 0 Å². The first-order valence-corrected chi connectivity index (χ1v) is 6.11. The molecule has 0 unspecified atom stereocenters. The van der Waals surface area contributed by atoms with E-state index in [1.54, 1.807) is 24.9 Å². The molecule has 1 aromatic carbocycles. The number of carbonyl (C=O) groups excluding carboxylic acids is 1. The summed E-state index contributed by atoms with van der Waals surface area (Å²) in [5.74, 6) is -0.593. The molecule has 5 heteroatoms. The average Bonchev–Trinajstić information content (AvgIpc) is 2.69. The molecule has 1 amide bonds. The molecule has 1 heterocycles. The fourth-order valence-corrected chi connectivity index (χ4v) is 1.97. The summed E-state index contributed by atoms with van der Waals surface area (Å²) in [6.45, 7) is 3.68. The van der Waals surface area contributed by atoms with Crippen LogP contribution in [-0.4, -0.2) is 15.7 Å². The molecule has 0 radical (unpaired) electrons. The number of rotatable bonds is 3. The molecule has 4 nitrogen and oxygen atoms in total. The van der Waals surface area contributed by atoms with Crippen molar-refractivity contribution in [1.82, 2.24) is 9.78 Å². The Morgan fingerprint density at radius 2 is 2.21 bits per heavy atom. The van der Waals surface area contributed by atoms with Gasteiger partial charge in [0.2, 0.25) is 0 Å². The Bertz CT molecular complexity index is 619. The van der Waals surface area contributed by atoms with Crippen LogP contribution >= 0.6 is 0 Å². The van der Waals surface area contributed by atoms with Crippen molar-refractivity contribution in [3.05, 3.63) is 47.0 Å². The van der Waals surface area contributed by atoms with E-state index in [9.17, 15) is 9.18 Å². The molecule has 100 valence electrons. The van der Waals surface area contributed by atoms with Crippen molar-refractivity contribution in [1.29, 1.82) is 0 Å². The Balaban J connectivity index is 2.25. The molecule has 0 saturated carbocycles. The van der Waals surface area contributed by atoms with Gasteiger partial charge in [-0.3, -0.25) is 9.48 Å². The van der Waals surface area contributed by atoms with Gasteiger partial charge in [0.1, 0.15) is 5.82 Å². The van der Waals surface area contributed by atoms with Gasteiger partial charge in [-0.1, -0.05) is 6.92 Å². The van der Waals surface area contributed by atoms with Crippen LogP contribution in [-0.2, 0) is 13.5 Å². The van der Waals surface area contributed by atoms with Gasteiger partial charge in [0.15, 0.2) is 0 Å². The number of nitrogens with zero attached hydrogens (tertiary/aromatic N) is 2. The largest absolute Gasteiger partial charge is 0.319 e. The van der Waals surface area contributed by atoms with Gasteiger partial charge in [-0.2, -0.15) is 5.10 Å². The van der Waals surface area contributed by atoms with E-state index in [-0.39, 0.29) is 11.7 Å². The van der Waals surface area contributed by atoms with Crippen molar-refractivity contribution in [2.24, 2.45) is 7.05 Å². The van der Waals surface area contributed by atoms with Crippen LogP contribution in [0.25, 0.3) is 0 Å². The van der Waals surface area contributed by atoms with Crippen molar-refractivity contribution >= 4 is 11.6 Å². The van der Waals surface area contributed by atoms with Crippen LogP contribution in [0.15, 0.2) is 24.4 Å². The van der Waals surface area contributed by atoms with E-state index < -0.39 is 0 Å². The average molecular weight is 261 g/mol. The second kappa shape index (κ2) is 5.22. The third kappa shape index (κ3) is 2.81. The molecular formula is C14H16FN3O. The Kier molecular flexibility index (Phi) is 3.64. The highest BCUT2D eigenvalue weighted by Crippen LogP contribution is 2.17. The van der Waals surface area contributed by atoms with Crippen molar-refractivity contribution < 1.29 is 9.18 Å². The van der Waals surface area contributed by atoms with Gasteiger partial charge >= 0.3 is 0 Å². The van der Waals surface area contributed by atoms with Crippen LogP contribution < -0.4 is 5.32 Å².